The van der Waals surface area contributed by atoms with Crippen molar-refractivity contribution in [2.24, 2.45) is 0 Å². The highest BCUT2D eigenvalue weighted by molar-refractivity contribution is 6.88. The van der Waals surface area contributed by atoms with Crippen molar-refractivity contribution >= 4 is 35.7 Å². The second-order valence-electron chi connectivity index (χ2n) is 4.86. The lowest BCUT2D eigenvalue weighted by molar-refractivity contribution is -0.108. The first kappa shape index (κ1) is 24.0. The predicted octanol–water partition coefficient (Wildman–Crippen LogP) is 0.667. The van der Waals surface area contributed by atoms with Crippen LogP contribution in [-0.4, -0.2) is 78.3 Å². The minimum absolute atomic E-state index is 0.690. The van der Waals surface area contributed by atoms with E-state index < -0.39 is 35.7 Å². The Hall–Kier alpha value is 0.0275. The average molecular weight is 415 g/mol. The van der Waals surface area contributed by atoms with Crippen LogP contribution in [0.15, 0.2) is 22.8 Å². The molecule has 0 saturated heterocycles. The highest BCUT2D eigenvalue weighted by Crippen LogP contribution is 2.22. The molecule has 0 bridgehead atoms. The van der Waals surface area contributed by atoms with Crippen molar-refractivity contribution in [3.63, 3.8) is 0 Å². The van der Waals surface area contributed by atoms with Gasteiger partial charge in [0.15, 0.2) is 0 Å². The summed E-state index contributed by atoms with van der Waals surface area (Å²) in [6.45, 7) is 11.9. The third-order valence-electron chi connectivity index (χ3n) is 3.72. The molecule has 0 radical (unpaired) electrons. The highest BCUT2D eigenvalue weighted by Gasteiger charge is 2.47. The van der Waals surface area contributed by atoms with Gasteiger partial charge in [0.05, 0.1) is 0 Å². The third-order valence-corrected chi connectivity index (χ3v) is 16.1. The summed E-state index contributed by atoms with van der Waals surface area (Å²) in [6.07, 6.45) is 0. The highest BCUT2D eigenvalue weighted by atomic mass is 28.4. The summed E-state index contributed by atoms with van der Waals surface area (Å²) in [5.41, 5.74) is 0. The molecule has 0 spiro atoms. The van der Waals surface area contributed by atoms with Gasteiger partial charge in [0.2, 0.25) is 18.1 Å². The van der Waals surface area contributed by atoms with Gasteiger partial charge >= 0.3 is 17.6 Å². The van der Waals surface area contributed by atoms with Crippen molar-refractivity contribution in [1.29, 1.82) is 0 Å². The second-order valence-corrected chi connectivity index (χ2v) is 16.3. The third kappa shape index (κ3) is 5.26. The van der Waals surface area contributed by atoms with Crippen LogP contribution in [0.2, 0.25) is 13.1 Å². The predicted molar refractivity (Wildman–Crippen MR) is 100 cm³/mol. The Kier molecular flexibility index (Phi) is 10.9. The van der Waals surface area contributed by atoms with Crippen LogP contribution in [0.25, 0.3) is 0 Å². The molecule has 0 aromatic carbocycles. The van der Waals surface area contributed by atoms with Gasteiger partial charge in [-0.05, 0) is 13.1 Å². The lowest BCUT2D eigenvalue weighted by Gasteiger charge is -2.30. The Labute approximate surface area is 150 Å². The van der Waals surface area contributed by atoms with E-state index in [4.69, 9.17) is 35.7 Å². The molecule has 0 fully saturated rings. The van der Waals surface area contributed by atoms with Crippen molar-refractivity contribution in [3.05, 3.63) is 22.8 Å². The summed E-state index contributed by atoms with van der Waals surface area (Å²) in [6, 6.07) is 0. The zero-order chi connectivity index (χ0) is 19.0. The van der Waals surface area contributed by atoms with E-state index >= 15 is 0 Å². The van der Waals surface area contributed by atoms with E-state index in [0.29, 0.717) is 9.64 Å². The van der Waals surface area contributed by atoms with Crippen molar-refractivity contribution in [1.82, 2.24) is 0 Å². The van der Waals surface area contributed by atoms with Crippen LogP contribution in [0, 0.1) is 0 Å². The van der Waals surface area contributed by atoms with Crippen molar-refractivity contribution < 1.29 is 35.7 Å². The number of hydrogen-bond donors (Lipinski definition) is 0. The van der Waals surface area contributed by atoms with E-state index in [1.54, 1.807) is 0 Å². The first-order chi connectivity index (χ1) is 11.2. The molecular weight excluding hydrogens is 384 g/mol. The maximum atomic E-state index is 5.62. The molecule has 0 aliphatic rings. The molecule has 0 aliphatic carbocycles. The van der Waals surface area contributed by atoms with E-state index in [0.717, 1.165) is 0 Å². The normalized spacial score (nSPS) is 15.2. The summed E-state index contributed by atoms with van der Waals surface area (Å²) >= 11 is 0. The van der Waals surface area contributed by atoms with Gasteiger partial charge in [0, 0.05) is 52.3 Å². The SMILES string of the molecule is C=C([SiH](C)OO[SiH](C)C(=C)[Si](OC)(OC)OC)[Si](OC)(OC)OC. The smallest absolute Gasteiger partial charge is 0.374 e. The fourth-order valence-electron chi connectivity index (χ4n) is 2.07. The zero-order valence-corrected chi connectivity index (χ0v) is 20.1. The molecule has 0 saturated carbocycles. The van der Waals surface area contributed by atoms with Gasteiger partial charge in [-0.3, -0.25) is 9.15 Å². The molecule has 0 N–H and O–H groups in total. The van der Waals surface area contributed by atoms with Gasteiger partial charge in [-0.25, -0.2) is 0 Å². The molecule has 12 heteroatoms. The van der Waals surface area contributed by atoms with Gasteiger partial charge in [0.1, 0.15) is 0 Å². The molecular formula is C12H30O8Si4. The molecule has 2 unspecified atom stereocenters. The van der Waals surface area contributed by atoms with Gasteiger partial charge in [-0.1, -0.05) is 13.2 Å². The average Bonchev–Trinajstić information content (AvgIpc) is 2.62. The minimum Gasteiger partial charge on any atom is -0.374 e. The lowest BCUT2D eigenvalue weighted by Crippen LogP contribution is -2.51. The molecule has 0 aromatic heterocycles. The zero-order valence-electron chi connectivity index (χ0n) is 15.8. The van der Waals surface area contributed by atoms with Crippen LogP contribution in [-0.2, 0) is 35.7 Å². The van der Waals surface area contributed by atoms with Gasteiger partial charge in [-0.15, -0.1) is 0 Å². The largest absolute Gasteiger partial charge is 0.529 e. The maximum absolute atomic E-state index is 5.62. The Morgan fingerprint density at radius 3 is 0.958 bits per heavy atom. The first-order valence-electron chi connectivity index (χ1n) is 7.25. The topological polar surface area (TPSA) is 73.8 Å². The molecule has 142 valence electrons. The van der Waals surface area contributed by atoms with Gasteiger partial charge in [0.25, 0.3) is 0 Å². The number of hydrogen-bond acceptors (Lipinski definition) is 8. The van der Waals surface area contributed by atoms with E-state index in [9.17, 15) is 0 Å². The van der Waals surface area contributed by atoms with E-state index in [2.05, 4.69) is 13.2 Å². The monoisotopic (exact) mass is 414 g/mol. The molecule has 24 heavy (non-hydrogen) atoms. The summed E-state index contributed by atoms with van der Waals surface area (Å²) in [5, 5.41) is 0. The second kappa shape index (κ2) is 10.9. The standard InChI is InChI=1S/C12H30O8Si4/c1-11(23(13-3,14-4)15-5)21(9)19-20-22(10)12(2)24(16-6,17-7)18-8/h21-22H,1-2H2,3-10H3. The van der Waals surface area contributed by atoms with Crippen LogP contribution in [0.4, 0.5) is 0 Å². The van der Waals surface area contributed by atoms with Gasteiger partial charge in [-0.2, -0.15) is 0 Å². The van der Waals surface area contributed by atoms with Gasteiger partial charge < -0.3 is 26.6 Å². The van der Waals surface area contributed by atoms with E-state index in [1.165, 1.54) is 42.7 Å². The van der Waals surface area contributed by atoms with Crippen LogP contribution in [0.5, 0.6) is 0 Å². The fourth-order valence-corrected chi connectivity index (χ4v) is 12.6. The summed E-state index contributed by atoms with van der Waals surface area (Å²) in [7, 11) is -0.718. The maximum Gasteiger partial charge on any atom is 0.529 e. The van der Waals surface area contributed by atoms with Crippen LogP contribution in [0.1, 0.15) is 0 Å². The Morgan fingerprint density at radius 2 is 0.792 bits per heavy atom. The molecule has 8 nitrogen and oxygen atoms in total. The Morgan fingerprint density at radius 1 is 0.583 bits per heavy atom. The van der Waals surface area contributed by atoms with Crippen LogP contribution < -0.4 is 0 Å². The van der Waals surface area contributed by atoms with Crippen LogP contribution in [0.3, 0.4) is 0 Å². The molecule has 0 rings (SSSR count). The first-order valence-corrected chi connectivity index (χ1v) is 15.1. The summed E-state index contributed by atoms with van der Waals surface area (Å²) in [5.74, 6) is 0. The van der Waals surface area contributed by atoms with Crippen molar-refractivity contribution in [2.75, 3.05) is 42.7 Å². The minimum atomic E-state index is -2.95. The van der Waals surface area contributed by atoms with Crippen molar-refractivity contribution in [3.8, 4) is 0 Å². The summed E-state index contributed by atoms with van der Waals surface area (Å²) < 4.78 is 43.7. The van der Waals surface area contributed by atoms with E-state index in [1.807, 2.05) is 13.1 Å². The molecule has 0 aliphatic heterocycles. The lowest BCUT2D eigenvalue weighted by atomic mass is 11.2. The Bertz CT molecular complexity index is 359. The quantitative estimate of drug-likeness (QED) is 0.247. The number of rotatable bonds is 13. The van der Waals surface area contributed by atoms with E-state index in [-0.39, 0.29) is 0 Å². The summed E-state index contributed by atoms with van der Waals surface area (Å²) in [4.78, 5) is 1.38. The molecule has 2 atom stereocenters. The van der Waals surface area contributed by atoms with Crippen molar-refractivity contribution in [2.45, 2.75) is 13.1 Å². The molecule has 0 heterocycles. The van der Waals surface area contributed by atoms with Crippen LogP contribution >= 0.6 is 0 Å². The molecule has 0 amide bonds. The fraction of sp³-hybridized carbons (Fsp3) is 0.667. The Balaban J connectivity index is 4.89. The molecule has 0 aromatic rings.